The van der Waals surface area contributed by atoms with Crippen molar-refractivity contribution in [2.45, 2.75) is 51.6 Å². The van der Waals surface area contributed by atoms with Crippen LogP contribution in [-0.4, -0.2) is 12.0 Å². The van der Waals surface area contributed by atoms with E-state index >= 15 is 0 Å². The molecule has 154 valence electrons. The summed E-state index contributed by atoms with van der Waals surface area (Å²) in [4.78, 5) is 11.9. The van der Waals surface area contributed by atoms with Gasteiger partial charge in [-0.3, -0.25) is 5.32 Å². The Morgan fingerprint density at radius 2 is 1.93 bits per heavy atom. The molecular formula is C22H26N2O4S. The number of ether oxygens (including phenoxy) is 2. The molecule has 1 heterocycles. The third-order valence-corrected chi connectivity index (χ3v) is 5.31. The van der Waals surface area contributed by atoms with Gasteiger partial charge in [0.25, 0.3) is 0 Å². The van der Waals surface area contributed by atoms with Gasteiger partial charge in [-0.2, -0.15) is 0 Å². The summed E-state index contributed by atoms with van der Waals surface area (Å²) >= 11 is 3.73. The summed E-state index contributed by atoms with van der Waals surface area (Å²) in [6, 6.07) is 15.8. The summed E-state index contributed by atoms with van der Waals surface area (Å²) in [5, 5.41) is 6.67. The number of carbonyl (C=O) groups is 1. The van der Waals surface area contributed by atoms with Crippen LogP contribution in [0, 0.1) is 0 Å². The highest BCUT2D eigenvalue weighted by atomic mass is 32.1. The highest BCUT2D eigenvalue weighted by Gasteiger charge is 2.39. The lowest BCUT2D eigenvalue weighted by molar-refractivity contribution is 0.00461. The van der Waals surface area contributed by atoms with E-state index in [0.717, 1.165) is 24.1 Å². The fourth-order valence-corrected chi connectivity index (χ4v) is 3.69. The van der Waals surface area contributed by atoms with Gasteiger partial charge in [0.05, 0.1) is 18.6 Å². The minimum absolute atomic E-state index is 0.429. The number of oxime groups is 1. The highest BCUT2D eigenvalue weighted by molar-refractivity contribution is 7.75. The summed E-state index contributed by atoms with van der Waals surface area (Å²) in [6.07, 6.45) is 3.29. The molecule has 7 heteroatoms. The Bertz CT molecular complexity index is 866. The third kappa shape index (κ3) is 5.03. The van der Waals surface area contributed by atoms with Crippen molar-refractivity contribution >= 4 is 30.6 Å². The van der Waals surface area contributed by atoms with Crippen LogP contribution >= 0.6 is 12.9 Å². The molecule has 0 fully saturated rings. The molecule has 0 saturated carbocycles. The van der Waals surface area contributed by atoms with Gasteiger partial charge >= 0.3 is 6.09 Å². The molecule has 1 N–H and O–H groups in total. The Labute approximate surface area is 176 Å². The van der Waals surface area contributed by atoms with Gasteiger partial charge in [0.15, 0.2) is 0 Å². The molecular weight excluding hydrogens is 388 g/mol. The van der Waals surface area contributed by atoms with E-state index in [9.17, 15) is 4.79 Å². The van der Waals surface area contributed by atoms with Crippen LogP contribution in [0.2, 0.25) is 0 Å². The first-order valence-electron chi connectivity index (χ1n) is 9.84. The number of aryl methyl sites for hydroxylation is 1. The van der Waals surface area contributed by atoms with E-state index in [4.69, 9.17) is 9.47 Å². The summed E-state index contributed by atoms with van der Waals surface area (Å²) in [5.74, 6) is 1.05. The van der Waals surface area contributed by atoms with Gasteiger partial charge in [-0.25, -0.2) is 4.79 Å². The number of nitrogens with one attached hydrogen (secondary N) is 1. The van der Waals surface area contributed by atoms with Gasteiger partial charge in [0, 0.05) is 12.0 Å². The molecule has 1 amide bonds. The molecule has 1 aliphatic heterocycles. The van der Waals surface area contributed by atoms with Gasteiger partial charge in [0.1, 0.15) is 11.4 Å². The molecule has 0 atom stereocenters. The Balaban J connectivity index is 1.74. The van der Waals surface area contributed by atoms with Crippen LogP contribution < -0.4 is 10.1 Å². The number of cyclic esters (lactones) is 1. The first-order chi connectivity index (χ1) is 14.1. The van der Waals surface area contributed by atoms with Gasteiger partial charge in [-0.1, -0.05) is 44.2 Å². The van der Waals surface area contributed by atoms with E-state index in [1.54, 1.807) is 6.07 Å². The van der Waals surface area contributed by atoms with Crippen LogP contribution in [0.15, 0.2) is 53.7 Å². The van der Waals surface area contributed by atoms with E-state index in [-0.39, 0.29) is 0 Å². The lowest BCUT2D eigenvalue weighted by Crippen LogP contribution is -2.38. The van der Waals surface area contributed by atoms with Gasteiger partial charge in [-0.05, 0) is 54.6 Å². The predicted molar refractivity (Wildman–Crippen MR) is 116 cm³/mol. The smallest absolute Gasteiger partial charge is 0.412 e. The second-order valence-electron chi connectivity index (χ2n) is 6.93. The number of carbonyl (C=O) groups excluding carboxylic acids is 1. The zero-order valence-electron chi connectivity index (χ0n) is 16.7. The lowest BCUT2D eigenvalue weighted by Gasteiger charge is -2.37. The molecule has 0 spiro atoms. The number of hydrogen-bond acceptors (Lipinski definition) is 6. The minimum Gasteiger partial charge on any atom is -0.440 e. The average molecular weight is 415 g/mol. The van der Waals surface area contributed by atoms with E-state index in [1.807, 2.05) is 44.2 Å². The molecule has 0 aromatic heterocycles. The number of benzene rings is 2. The molecule has 3 rings (SSSR count). The largest absolute Gasteiger partial charge is 0.440 e. The maximum atomic E-state index is 11.9. The summed E-state index contributed by atoms with van der Waals surface area (Å²) in [7, 11) is 0. The second-order valence-corrected chi connectivity index (χ2v) is 7.09. The molecule has 29 heavy (non-hydrogen) atoms. The second kappa shape index (κ2) is 9.69. The van der Waals surface area contributed by atoms with Crippen LogP contribution in [0.1, 0.15) is 50.7 Å². The van der Waals surface area contributed by atoms with Crippen LogP contribution in [0.5, 0.6) is 5.75 Å². The average Bonchev–Trinajstić information content (AvgIpc) is 2.74. The monoisotopic (exact) mass is 414 g/mol. The number of thiol groups is 1. The SMILES string of the molecule is CCC1(CC)OC(=O)Nc2ccc(OC(CCCc3ccccc3)=NOS)cc21. The van der Waals surface area contributed by atoms with E-state index < -0.39 is 11.7 Å². The fraction of sp³-hybridized carbons (Fsp3) is 0.364. The minimum atomic E-state index is -0.665. The molecule has 0 bridgehead atoms. The predicted octanol–water partition coefficient (Wildman–Crippen LogP) is 5.84. The van der Waals surface area contributed by atoms with Crippen molar-refractivity contribution in [3.63, 3.8) is 0 Å². The summed E-state index contributed by atoms with van der Waals surface area (Å²) in [6.45, 7) is 4.01. The Hall–Kier alpha value is -2.67. The van der Waals surface area contributed by atoms with Gasteiger partial charge in [-0.15, -0.1) is 0 Å². The van der Waals surface area contributed by atoms with Crippen molar-refractivity contribution in [1.82, 2.24) is 0 Å². The van der Waals surface area contributed by atoms with Gasteiger partial charge in [0.2, 0.25) is 5.90 Å². The zero-order valence-corrected chi connectivity index (χ0v) is 17.6. The Morgan fingerprint density at radius 3 is 2.62 bits per heavy atom. The molecule has 0 unspecified atom stereocenters. The van der Waals surface area contributed by atoms with Crippen molar-refractivity contribution in [3.05, 3.63) is 59.7 Å². The van der Waals surface area contributed by atoms with Crippen LogP contribution in [-0.2, 0) is 21.0 Å². The van der Waals surface area contributed by atoms with Crippen molar-refractivity contribution in [2.75, 3.05) is 5.32 Å². The molecule has 0 radical (unpaired) electrons. The Kier molecular flexibility index (Phi) is 7.04. The third-order valence-electron chi connectivity index (χ3n) is 5.23. The fourth-order valence-electron chi connectivity index (χ4n) is 3.60. The summed E-state index contributed by atoms with van der Waals surface area (Å²) in [5.41, 5.74) is 2.23. The normalized spacial score (nSPS) is 15.1. The van der Waals surface area contributed by atoms with Crippen molar-refractivity contribution in [3.8, 4) is 5.75 Å². The van der Waals surface area contributed by atoms with Crippen LogP contribution in [0.4, 0.5) is 10.5 Å². The van der Waals surface area contributed by atoms with E-state index in [1.165, 1.54) is 5.56 Å². The quantitative estimate of drug-likeness (QED) is 0.187. The molecule has 2 aromatic carbocycles. The molecule has 6 nitrogen and oxygen atoms in total. The molecule has 0 saturated heterocycles. The zero-order chi connectivity index (χ0) is 20.7. The van der Waals surface area contributed by atoms with E-state index in [0.29, 0.717) is 30.9 Å². The number of amides is 1. The first kappa shape index (κ1) is 21.0. The van der Waals surface area contributed by atoms with E-state index in [2.05, 4.69) is 39.8 Å². The standard InChI is InChI=1S/C22H26N2O4S/c1-3-22(4-2)18-15-17(13-14-19(18)23-21(25)27-22)26-20(24-28-29)12-8-11-16-9-6-5-7-10-16/h5-7,9-10,13-15,29H,3-4,8,11-12H2,1-2H3,(H,23,25). The van der Waals surface area contributed by atoms with Gasteiger partial charge < -0.3 is 13.8 Å². The number of rotatable bonds is 8. The number of fused-ring (bicyclic) bond motifs is 1. The van der Waals surface area contributed by atoms with Crippen molar-refractivity contribution in [1.29, 1.82) is 0 Å². The Morgan fingerprint density at radius 1 is 1.17 bits per heavy atom. The van der Waals surface area contributed by atoms with Crippen molar-refractivity contribution in [2.24, 2.45) is 5.16 Å². The van der Waals surface area contributed by atoms with Crippen molar-refractivity contribution < 1.29 is 18.6 Å². The number of anilines is 1. The molecule has 0 aliphatic carbocycles. The van der Waals surface area contributed by atoms with Crippen LogP contribution in [0.3, 0.4) is 0 Å². The van der Waals surface area contributed by atoms with Crippen LogP contribution in [0.25, 0.3) is 0 Å². The number of nitrogens with zero attached hydrogens (tertiary/aromatic N) is 1. The highest BCUT2D eigenvalue weighted by Crippen LogP contribution is 2.42. The molecule has 2 aromatic rings. The maximum Gasteiger partial charge on any atom is 0.412 e. The topological polar surface area (TPSA) is 69.2 Å². The maximum absolute atomic E-state index is 11.9. The number of hydrogen-bond donors (Lipinski definition) is 2. The summed E-state index contributed by atoms with van der Waals surface area (Å²) < 4.78 is 16.3. The first-order valence-corrected chi connectivity index (χ1v) is 10.2. The molecule has 1 aliphatic rings. The lowest BCUT2D eigenvalue weighted by atomic mass is 9.86.